The Bertz CT molecular complexity index is 398. The molecule has 0 atom stereocenters. The van der Waals surface area contributed by atoms with Gasteiger partial charge in [-0.3, -0.25) is 0 Å². The Hall–Kier alpha value is -0.880. The van der Waals surface area contributed by atoms with Crippen LogP contribution in [0.15, 0.2) is 34.4 Å². The van der Waals surface area contributed by atoms with Crippen LogP contribution in [0.4, 0.5) is 5.69 Å². The summed E-state index contributed by atoms with van der Waals surface area (Å²) >= 11 is 5.89. The zero-order valence-electron chi connectivity index (χ0n) is 8.29. The molecule has 0 saturated heterocycles. The normalized spacial score (nSPS) is 10.1. The first-order valence-corrected chi connectivity index (χ1v) is 5.48. The Morgan fingerprint density at radius 2 is 2.00 bits per heavy atom. The third-order valence-corrected chi connectivity index (χ3v) is 2.60. The first-order valence-electron chi connectivity index (χ1n) is 4.09. The highest BCUT2D eigenvalue weighted by Gasteiger charge is 1.96. The molecule has 4 N–H and O–H groups in total. The fourth-order valence-electron chi connectivity index (χ4n) is 0.914. The van der Waals surface area contributed by atoms with Gasteiger partial charge in [0.05, 0.1) is 10.8 Å². The molecule has 0 aliphatic rings. The lowest BCUT2D eigenvalue weighted by Gasteiger charge is -2.00. The Balaban J connectivity index is 0.00000225. The predicted molar refractivity (Wildman–Crippen MR) is 78.6 cm³/mol. The summed E-state index contributed by atoms with van der Waals surface area (Å²) < 4.78 is 0. The molecule has 0 aromatic heterocycles. The van der Waals surface area contributed by atoms with Gasteiger partial charge >= 0.3 is 0 Å². The molecular formula is C9H11BrN4S2. The van der Waals surface area contributed by atoms with Gasteiger partial charge in [0.25, 0.3) is 0 Å². The van der Waals surface area contributed by atoms with Crippen LogP contribution in [-0.4, -0.2) is 10.3 Å². The van der Waals surface area contributed by atoms with Gasteiger partial charge in [0.15, 0.2) is 5.17 Å². The molecule has 0 aliphatic heterocycles. The number of thiocarbonyl (C=S) groups is 1. The lowest BCUT2D eigenvalue weighted by molar-refractivity contribution is 1.25. The second-order valence-electron chi connectivity index (χ2n) is 2.63. The van der Waals surface area contributed by atoms with Crippen molar-refractivity contribution in [3.05, 3.63) is 29.8 Å². The van der Waals surface area contributed by atoms with E-state index in [-0.39, 0.29) is 17.0 Å². The van der Waals surface area contributed by atoms with Gasteiger partial charge in [-0.25, -0.2) is 0 Å². The Kier molecular flexibility index (Phi) is 7.84. The van der Waals surface area contributed by atoms with Crippen LogP contribution in [-0.2, 0) is 5.75 Å². The number of nitrogens with zero attached hydrogens (tertiary/aromatic N) is 2. The average molecular weight is 319 g/mol. The minimum Gasteiger partial charge on any atom is -0.377 e. The maximum atomic E-state index is 5.44. The second-order valence-corrected chi connectivity index (χ2v) is 3.80. The Morgan fingerprint density at radius 1 is 1.38 bits per heavy atom. The summed E-state index contributed by atoms with van der Waals surface area (Å²) in [5, 5.41) is 6.05. The number of hydrogen-bond donors (Lipinski definition) is 2. The minimum absolute atomic E-state index is 0. The SMILES string of the molecule is Br.N/N=C(\N)SCc1ccc(N=C=S)cc1. The van der Waals surface area contributed by atoms with E-state index in [1.54, 1.807) is 0 Å². The van der Waals surface area contributed by atoms with Crippen molar-refractivity contribution in [1.29, 1.82) is 0 Å². The molecule has 0 amide bonds. The van der Waals surface area contributed by atoms with Crippen molar-refractivity contribution in [3.63, 3.8) is 0 Å². The highest BCUT2D eigenvalue weighted by Crippen LogP contribution is 2.16. The van der Waals surface area contributed by atoms with Crippen molar-refractivity contribution in [1.82, 2.24) is 0 Å². The number of benzene rings is 1. The first-order chi connectivity index (χ1) is 7.26. The molecule has 7 heteroatoms. The van der Waals surface area contributed by atoms with Crippen molar-refractivity contribution >= 4 is 57.0 Å². The molecule has 0 radical (unpaired) electrons. The van der Waals surface area contributed by atoms with E-state index in [0.29, 0.717) is 5.17 Å². The number of nitrogens with two attached hydrogens (primary N) is 2. The predicted octanol–water partition coefficient (Wildman–Crippen LogP) is 2.42. The Morgan fingerprint density at radius 3 is 2.50 bits per heavy atom. The van der Waals surface area contributed by atoms with Crippen molar-refractivity contribution < 1.29 is 0 Å². The number of thioether (sulfide) groups is 1. The highest BCUT2D eigenvalue weighted by molar-refractivity contribution is 8.93. The number of hydrazone groups is 1. The van der Waals surface area contributed by atoms with Crippen LogP contribution in [0.25, 0.3) is 0 Å². The van der Waals surface area contributed by atoms with Crippen LogP contribution in [0, 0.1) is 0 Å². The number of amidine groups is 1. The molecule has 4 nitrogen and oxygen atoms in total. The monoisotopic (exact) mass is 318 g/mol. The summed E-state index contributed by atoms with van der Waals surface area (Å²) in [6, 6.07) is 7.63. The average Bonchev–Trinajstić information content (AvgIpc) is 2.28. The molecule has 86 valence electrons. The zero-order valence-corrected chi connectivity index (χ0v) is 11.6. The largest absolute Gasteiger partial charge is 0.377 e. The molecule has 0 saturated carbocycles. The quantitative estimate of drug-likeness (QED) is 0.295. The van der Waals surface area contributed by atoms with Gasteiger partial charge in [-0.15, -0.1) is 17.0 Å². The van der Waals surface area contributed by atoms with Crippen molar-refractivity contribution in [2.75, 3.05) is 0 Å². The molecule has 1 rings (SSSR count). The van der Waals surface area contributed by atoms with Gasteiger partial charge in [0.1, 0.15) is 0 Å². The summed E-state index contributed by atoms with van der Waals surface area (Å²) in [6.45, 7) is 0. The molecule has 1 aromatic carbocycles. The molecule has 0 spiro atoms. The van der Waals surface area contributed by atoms with E-state index in [9.17, 15) is 0 Å². The Labute approximate surface area is 114 Å². The lowest BCUT2D eigenvalue weighted by atomic mass is 10.2. The third-order valence-electron chi connectivity index (χ3n) is 1.63. The summed E-state index contributed by atoms with van der Waals surface area (Å²) in [5.41, 5.74) is 7.36. The molecule has 16 heavy (non-hydrogen) atoms. The van der Waals surface area contributed by atoms with Gasteiger partial charge in [0, 0.05) is 5.75 Å². The molecule has 0 fully saturated rings. The van der Waals surface area contributed by atoms with Crippen LogP contribution in [0.1, 0.15) is 5.56 Å². The van der Waals surface area contributed by atoms with Crippen LogP contribution < -0.4 is 11.6 Å². The minimum atomic E-state index is 0. The van der Waals surface area contributed by atoms with Gasteiger partial charge in [0.2, 0.25) is 0 Å². The lowest BCUT2D eigenvalue weighted by Crippen LogP contribution is -2.09. The fraction of sp³-hybridized carbons (Fsp3) is 0.111. The van der Waals surface area contributed by atoms with Gasteiger partial charge in [-0.2, -0.15) is 10.1 Å². The summed E-state index contributed by atoms with van der Waals surface area (Å²) in [6.07, 6.45) is 0. The van der Waals surface area contributed by atoms with E-state index in [4.69, 9.17) is 11.6 Å². The standard InChI is InChI=1S/C9H10N4S2.BrH/c10-9(13-11)15-5-7-1-3-8(4-2-7)12-6-14;/h1-4H,5,11H2,(H2,10,13);1H. The van der Waals surface area contributed by atoms with E-state index in [2.05, 4.69) is 27.5 Å². The summed E-state index contributed by atoms with van der Waals surface area (Å²) in [7, 11) is 0. The number of hydrogen-bond acceptors (Lipinski definition) is 5. The van der Waals surface area contributed by atoms with Gasteiger partial charge < -0.3 is 11.6 Å². The molecule has 0 aliphatic carbocycles. The van der Waals surface area contributed by atoms with Crippen LogP contribution in [0.3, 0.4) is 0 Å². The zero-order chi connectivity index (χ0) is 11.1. The van der Waals surface area contributed by atoms with Crippen LogP contribution in [0.5, 0.6) is 0 Å². The van der Waals surface area contributed by atoms with E-state index in [1.165, 1.54) is 11.8 Å². The van der Waals surface area contributed by atoms with Gasteiger partial charge in [-0.1, -0.05) is 23.9 Å². The molecular weight excluding hydrogens is 308 g/mol. The highest BCUT2D eigenvalue weighted by atomic mass is 79.9. The van der Waals surface area contributed by atoms with Crippen molar-refractivity contribution in [3.8, 4) is 0 Å². The molecule has 1 aromatic rings. The summed E-state index contributed by atoms with van der Waals surface area (Å²) in [4.78, 5) is 3.85. The molecule has 0 unspecified atom stereocenters. The fourth-order valence-corrected chi connectivity index (χ4v) is 1.60. The second kappa shape index (κ2) is 8.29. The number of halogens is 1. The van der Waals surface area contributed by atoms with Crippen LogP contribution >= 0.6 is 41.0 Å². The number of rotatable bonds is 3. The van der Waals surface area contributed by atoms with E-state index in [0.717, 1.165) is 17.0 Å². The van der Waals surface area contributed by atoms with Crippen LogP contribution in [0.2, 0.25) is 0 Å². The van der Waals surface area contributed by atoms with E-state index < -0.39 is 0 Å². The first kappa shape index (κ1) is 15.1. The van der Waals surface area contributed by atoms with Gasteiger partial charge in [-0.05, 0) is 29.9 Å². The smallest absolute Gasteiger partial charge is 0.177 e. The van der Waals surface area contributed by atoms with E-state index in [1.807, 2.05) is 24.3 Å². The maximum absolute atomic E-state index is 5.44. The molecule has 0 bridgehead atoms. The summed E-state index contributed by atoms with van der Waals surface area (Å²) in [5.74, 6) is 5.74. The van der Waals surface area contributed by atoms with Crippen molar-refractivity contribution in [2.24, 2.45) is 21.7 Å². The maximum Gasteiger partial charge on any atom is 0.177 e. The number of isothiocyanates is 1. The number of aliphatic imine (C=N–C) groups is 1. The van der Waals surface area contributed by atoms with Crippen molar-refractivity contribution in [2.45, 2.75) is 5.75 Å². The molecule has 0 heterocycles. The topological polar surface area (TPSA) is 76.8 Å². The third kappa shape index (κ3) is 5.27. The van der Waals surface area contributed by atoms with E-state index >= 15 is 0 Å².